The maximum atomic E-state index is 11.4. The number of hydrogen-bond donors (Lipinski definition) is 2. The van der Waals surface area contributed by atoms with Crippen LogP contribution in [0.4, 0.5) is 0 Å². The van der Waals surface area contributed by atoms with E-state index in [1.807, 2.05) is 13.8 Å². The molecule has 1 aliphatic heterocycles. The highest BCUT2D eigenvalue weighted by Crippen LogP contribution is 2.28. The first-order valence-electron chi connectivity index (χ1n) is 9.39. The smallest absolute Gasteiger partial charge is 0.191 e. The van der Waals surface area contributed by atoms with Gasteiger partial charge in [-0.15, -0.1) is 11.3 Å². The van der Waals surface area contributed by atoms with Crippen LogP contribution in [0, 0.1) is 0 Å². The van der Waals surface area contributed by atoms with Gasteiger partial charge in [-0.05, 0) is 57.6 Å². The summed E-state index contributed by atoms with van der Waals surface area (Å²) in [7, 11) is -2.94. The Kier molecular flexibility index (Phi) is 8.37. The highest BCUT2D eigenvalue weighted by atomic mass is 32.2. The molecule has 2 atom stereocenters. The van der Waals surface area contributed by atoms with Gasteiger partial charge in [0.05, 0.1) is 18.3 Å². The number of rotatable bonds is 9. The SMILES string of the molecule is CCNC(=NCC(c1cccs1)N1CCCC1)NC(C)CCS(C)(=O)=O. The Morgan fingerprint density at radius 3 is 2.69 bits per heavy atom. The number of nitrogens with zero attached hydrogens (tertiary/aromatic N) is 2. The summed E-state index contributed by atoms with van der Waals surface area (Å²) in [4.78, 5) is 8.69. The van der Waals surface area contributed by atoms with Gasteiger partial charge in [-0.2, -0.15) is 0 Å². The highest BCUT2D eigenvalue weighted by molar-refractivity contribution is 7.90. The molecule has 8 heteroatoms. The van der Waals surface area contributed by atoms with Gasteiger partial charge < -0.3 is 10.6 Å². The average Bonchev–Trinajstić information content (AvgIpc) is 3.27. The van der Waals surface area contributed by atoms with E-state index in [4.69, 9.17) is 4.99 Å². The third-order valence-electron chi connectivity index (χ3n) is 4.52. The molecule has 1 aromatic rings. The lowest BCUT2D eigenvalue weighted by Crippen LogP contribution is -2.43. The fourth-order valence-electron chi connectivity index (χ4n) is 3.11. The topological polar surface area (TPSA) is 73.8 Å². The van der Waals surface area contributed by atoms with Gasteiger partial charge in [-0.25, -0.2) is 8.42 Å². The van der Waals surface area contributed by atoms with E-state index < -0.39 is 9.84 Å². The lowest BCUT2D eigenvalue weighted by Gasteiger charge is -2.26. The number of likely N-dealkylation sites (tertiary alicyclic amines) is 1. The first-order chi connectivity index (χ1) is 12.4. The summed E-state index contributed by atoms with van der Waals surface area (Å²) >= 11 is 1.79. The summed E-state index contributed by atoms with van der Waals surface area (Å²) in [5, 5.41) is 8.74. The standard InChI is InChI=1S/C18H32N4O2S2/c1-4-19-18(21-15(2)9-13-26(3,23)24)20-14-16(17-8-7-12-25-17)22-10-5-6-11-22/h7-8,12,15-16H,4-6,9-11,13-14H2,1-3H3,(H2,19,20,21). The summed E-state index contributed by atoms with van der Waals surface area (Å²) in [6.45, 7) is 7.77. The molecule has 1 saturated heterocycles. The molecule has 0 saturated carbocycles. The zero-order valence-electron chi connectivity index (χ0n) is 16.1. The Morgan fingerprint density at radius 1 is 1.38 bits per heavy atom. The molecular weight excluding hydrogens is 368 g/mol. The van der Waals surface area contributed by atoms with Crippen molar-refractivity contribution in [2.45, 2.75) is 45.2 Å². The molecule has 26 heavy (non-hydrogen) atoms. The van der Waals surface area contributed by atoms with Crippen molar-refractivity contribution >= 4 is 27.1 Å². The molecule has 6 nitrogen and oxygen atoms in total. The van der Waals surface area contributed by atoms with Crippen molar-refractivity contribution in [3.63, 3.8) is 0 Å². The largest absolute Gasteiger partial charge is 0.357 e. The van der Waals surface area contributed by atoms with Gasteiger partial charge in [0, 0.05) is 23.7 Å². The van der Waals surface area contributed by atoms with Crippen molar-refractivity contribution in [3.05, 3.63) is 22.4 Å². The minimum atomic E-state index is -2.94. The molecule has 0 amide bonds. The third-order valence-corrected chi connectivity index (χ3v) is 6.48. The minimum absolute atomic E-state index is 0.0505. The van der Waals surface area contributed by atoms with Crippen molar-refractivity contribution in [2.75, 3.05) is 38.2 Å². The number of thiophene rings is 1. The molecule has 0 spiro atoms. The normalized spacial score (nSPS) is 18.7. The molecule has 0 aliphatic carbocycles. The molecule has 1 aliphatic rings. The van der Waals surface area contributed by atoms with Gasteiger partial charge in [0.2, 0.25) is 0 Å². The van der Waals surface area contributed by atoms with Gasteiger partial charge in [-0.1, -0.05) is 6.07 Å². The lowest BCUT2D eigenvalue weighted by molar-refractivity contribution is 0.255. The average molecular weight is 401 g/mol. The molecule has 0 bridgehead atoms. The van der Waals surface area contributed by atoms with Crippen LogP contribution >= 0.6 is 11.3 Å². The summed E-state index contributed by atoms with van der Waals surface area (Å²) in [5.74, 6) is 0.945. The number of guanidine groups is 1. The zero-order chi connectivity index (χ0) is 19.0. The monoisotopic (exact) mass is 400 g/mol. The predicted octanol–water partition coefficient (Wildman–Crippen LogP) is 2.26. The maximum absolute atomic E-state index is 11.4. The Balaban J connectivity index is 2.00. The van der Waals surface area contributed by atoms with Crippen LogP contribution < -0.4 is 10.6 Å². The van der Waals surface area contributed by atoms with Crippen LogP contribution in [0.15, 0.2) is 22.5 Å². The highest BCUT2D eigenvalue weighted by Gasteiger charge is 2.24. The second kappa shape index (κ2) is 10.3. The van der Waals surface area contributed by atoms with E-state index in [-0.39, 0.29) is 11.8 Å². The van der Waals surface area contributed by atoms with Gasteiger partial charge in [-0.3, -0.25) is 9.89 Å². The summed E-state index contributed by atoms with van der Waals surface area (Å²) in [6, 6.07) is 4.66. The summed E-state index contributed by atoms with van der Waals surface area (Å²) in [5.41, 5.74) is 0. The Bertz CT molecular complexity index is 653. The number of aliphatic imine (C=N–C) groups is 1. The fraction of sp³-hybridized carbons (Fsp3) is 0.722. The summed E-state index contributed by atoms with van der Waals surface area (Å²) < 4.78 is 22.7. The van der Waals surface area contributed by atoms with Crippen molar-refractivity contribution in [1.82, 2.24) is 15.5 Å². The summed E-state index contributed by atoms with van der Waals surface area (Å²) in [6.07, 6.45) is 4.36. The Labute approximate surface area is 162 Å². The van der Waals surface area contributed by atoms with E-state index >= 15 is 0 Å². The molecule has 2 unspecified atom stereocenters. The van der Waals surface area contributed by atoms with Crippen LogP contribution in [0.1, 0.15) is 44.0 Å². The van der Waals surface area contributed by atoms with Gasteiger partial charge >= 0.3 is 0 Å². The van der Waals surface area contributed by atoms with Crippen LogP contribution in [-0.4, -0.2) is 63.5 Å². The van der Waals surface area contributed by atoms with Gasteiger partial charge in [0.25, 0.3) is 0 Å². The van der Waals surface area contributed by atoms with Crippen molar-refractivity contribution in [3.8, 4) is 0 Å². The van der Waals surface area contributed by atoms with Crippen molar-refractivity contribution in [2.24, 2.45) is 4.99 Å². The van der Waals surface area contributed by atoms with Gasteiger partial charge in [0.15, 0.2) is 5.96 Å². The number of nitrogens with one attached hydrogen (secondary N) is 2. The van der Waals surface area contributed by atoms with E-state index in [9.17, 15) is 8.42 Å². The fourth-order valence-corrected chi connectivity index (χ4v) is 4.75. The van der Waals surface area contributed by atoms with Crippen molar-refractivity contribution in [1.29, 1.82) is 0 Å². The van der Waals surface area contributed by atoms with E-state index in [0.29, 0.717) is 19.0 Å². The van der Waals surface area contributed by atoms with E-state index in [0.717, 1.165) is 25.6 Å². The van der Waals surface area contributed by atoms with Crippen LogP contribution in [0.25, 0.3) is 0 Å². The van der Waals surface area contributed by atoms with E-state index in [1.165, 1.54) is 24.0 Å². The van der Waals surface area contributed by atoms with Crippen LogP contribution in [-0.2, 0) is 9.84 Å². The zero-order valence-corrected chi connectivity index (χ0v) is 17.7. The molecule has 1 aromatic heterocycles. The predicted molar refractivity (Wildman–Crippen MR) is 111 cm³/mol. The van der Waals surface area contributed by atoms with Crippen LogP contribution in [0.5, 0.6) is 0 Å². The van der Waals surface area contributed by atoms with E-state index in [2.05, 4.69) is 33.0 Å². The second-order valence-corrected chi connectivity index (χ2v) is 10.2. The molecular formula is C18H32N4O2S2. The molecule has 148 valence electrons. The van der Waals surface area contributed by atoms with E-state index in [1.54, 1.807) is 11.3 Å². The molecule has 2 heterocycles. The molecule has 1 fully saturated rings. The number of sulfone groups is 1. The molecule has 2 N–H and O–H groups in total. The quantitative estimate of drug-likeness (QED) is 0.491. The Hall–Kier alpha value is -1.12. The third kappa shape index (κ3) is 7.25. The molecule has 0 aromatic carbocycles. The minimum Gasteiger partial charge on any atom is -0.357 e. The lowest BCUT2D eigenvalue weighted by atomic mass is 10.2. The molecule has 2 rings (SSSR count). The number of hydrogen-bond acceptors (Lipinski definition) is 5. The molecule has 0 radical (unpaired) electrons. The van der Waals surface area contributed by atoms with Crippen LogP contribution in [0.3, 0.4) is 0 Å². The first kappa shape index (κ1) is 21.2. The second-order valence-electron chi connectivity index (χ2n) is 6.96. The maximum Gasteiger partial charge on any atom is 0.191 e. The van der Waals surface area contributed by atoms with Crippen LogP contribution in [0.2, 0.25) is 0 Å². The first-order valence-corrected chi connectivity index (χ1v) is 12.3. The Morgan fingerprint density at radius 2 is 2.12 bits per heavy atom. The van der Waals surface area contributed by atoms with Crippen molar-refractivity contribution < 1.29 is 8.42 Å². The van der Waals surface area contributed by atoms with Gasteiger partial charge in [0.1, 0.15) is 9.84 Å².